The fourth-order valence-electron chi connectivity index (χ4n) is 3.84. The maximum absolute atomic E-state index is 6.03. The van der Waals surface area contributed by atoms with Gasteiger partial charge in [0.1, 0.15) is 12.3 Å². The number of nitrogen functional groups attached to an aromatic ring is 1. The summed E-state index contributed by atoms with van der Waals surface area (Å²) in [5.74, 6) is 0.621. The van der Waals surface area contributed by atoms with Crippen molar-refractivity contribution >= 4 is 11.4 Å². The van der Waals surface area contributed by atoms with Crippen LogP contribution in [0.5, 0.6) is 5.88 Å². The normalized spacial score (nSPS) is 19.6. The fourth-order valence-corrected chi connectivity index (χ4v) is 3.84. The van der Waals surface area contributed by atoms with Gasteiger partial charge in [-0.25, -0.2) is 4.98 Å². The Morgan fingerprint density at radius 1 is 1.13 bits per heavy atom. The van der Waals surface area contributed by atoms with Crippen LogP contribution in [0.3, 0.4) is 0 Å². The van der Waals surface area contributed by atoms with Gasteiger partial charge in [-0.05, 0) is 55.5 Å². The quantitative estimate of drug-likeness (QED) is 0.550. The molecule has 162 valence electrons. The minimum atomic E-state index is -0.108. The molecule has 30 heavy (non-hydrogen) atoms. The molecule has 7 nitrogen and oxygen atoms in total. The van der Waals surface area contributed by atoms with E-state index in [0.717, 1.165) is 67.0 Å². The summed E-state index contributed by atoms with van der Waals surface area (Å²) in [7, 11) is 0. The van der Waals surface area contributed by atoms with Crippen LogP contribution in [-0.2, 0) is 14.2 Å². The van der Waals surface area contributed by atoms with Crippen molar-refractivity contribution in [2.24, 2.45) is 0 Å². The first-order chi connectivity index (χ1) is 14.7. The highest BCUT2D eigenvalue weighted by Gasteiger charge is 2.19. The van der Waals surface area contributed by atoms with Gasteiger partial charge in [0, 0.05) is 37.1 Å². The molecule has 0 amide bonds. The van der Waals surface area contributed by atoms with Crippen LogP contribution in [-0.4, -0.2) is 57.4 Å². The molecular formula is C23H31N3O4. The average molecular weight is 414 g/mol. The highest BCUT2D eigenvalue weighted by Crippen LogP contribution is 2.34. The number of anilines is 2. The van der Waals surface area contributed by atoms with Crippen molar-refractivity contribution in [1.29, 1.82) is 0 Å². The minimum absolute atomic E-state index is 0.108. The Bertz CT molecular complexity index is 833. The lowest BCUT2D eigenvalue weighted by molar-refractivity contribution is -0.165. The molecule has 1 aromatic carbocycles. The lowest BCUT2D eigenvalue weighted by atomic mass is 10.0. The third-order valence-electron chi connectivity index (χ3n) is 5.52. The number of rotatable bonds is 7. The first kappa shape index (κ1) is 20.9. The zero-order valence-electron chi connectivity index (χ0n) is 17.6. The molecule has 7 heteroatoms. The molecule has 2 aromatic rings. The molecule has 0 aliphatic carbocycles. The maximum atomic E-state index is 6.03. The van der Waals surface area contributed by atoms with Crippen LogP contribution in [0, 0.1) is 6.92 Å². The highest BCUT2D eigenvalue weighted by atomic mass is 16.7. The molecule has 0 bridgehead atoms. The van der Waals surface area contributed by atoms with Gasteiger partial charge in [0.25, 0.3) is 0 Å². The van der Waals surface area contributed by atoms with E-state index >= 15 is 0 Å². The summed E-state index contributed by atoms with van der Waals surface area (Å²) in [6.45, 7) is 6.78. The van der Waals surface area contributed by atoms with Gasteiger partial charge in [-0.3, -0.25) is 0 Å². The van der Waals surface area contributed by atoms with Crippen molar-refractivity contribution in [3.05, 3.63) is 36.0 Å². The topological polar surface area (TPSA) is 79.1 Å². The third kappa shape index (κ3) is 5.22. The van der Waals surface area contributed by atoms with E-state index in [9.17, 15) is 0 Å². The number of hydrogen-bond acceptors (Lipinski definition) is 7. The zero-order valence-corrected chi connectivity index (χ0v) is 17.6. The van der Waals surface area contributed by atoms with E-state index in [1.807, 2.05) is 24.4 Å². The molecule has 2 fully saturated rings. The van der Waals surface area contributed by atoms with E-state index in [1.165, 1.54) is 0 Å². The molecule has 2 saturated heterocycles. The SMILES string of the molecule is Cc1ccc(N)cc1-c1cnc(OCCOC2CCCCO2)c(N2CCOCC2)c1. The predicted molar refractivity (Wildman–Crippen MR) is 117 cm³/mol. The molecule has 2 aliphatic rings. The van der Waals surface area contributed by atoms with Gasteiger partial charge in [-0.1, -0.05) is 6.07 Å². The van der Waals surface area contributed by atoms with Crippen LogP contribution in [0.25, 0.3) is 11.1 Å². The molecule has 2 N–H and O–H groups in total. The number of aromatic nitrogens is 1. The fraction of sp³-hybridized carbons (Fsp3) is 0.522. The third-order valence-corrected chi connectivity index (χ3v) is 5.52. The largest absolute Gasteiger partial charge is 0.474 e. The summed E-state index contributed by atoms with van der Waals surface area (Å²) in [6.07, 6.45) is 4.96. The molecule has 1 atom stereocenters. The Labute approximate surface area is 178 Å². The number of benzene rings is 1. The van der Waals surface area contributed by atoms with Gasteiger partial charge in [-0.2, -0.15) is 0 Å². The number of nitrogens with zero attached hydrogens (tertiary/aromatic N) is 2. The van der Waals surface area contributed by atoms with E-state index in [-0.39, 0.29) is 6.29 Å². The molecule has 0 radical (unpaired) electrons. The van der Waals surface area contributed by atoms with E-state index in [2.05, 4.69) is 22.9 Å². The van der Waals surface area contributed by atoms with Crippen molar-refractivity contribution < 1.29 is 18.9 Å². The van der Waals surface area contributed by atoms with Gasteiger partial charge in [0.15, 0.2) is 6.29 Å². The van der Waals surface area contributed by atoms with E-state index in [1.54, 1.807) is 0 Å². The Morgan fingerprint density at radius 3 is 2.80 bits per heavy atom. The van der Waals surface area contributed by atoms with E-state index < -0.39 is 0 Å². The van der Waals surface area contributed by atoms with Crippen LogP contribution < -0.4 is 15.4 Å². The summed E-state index contributed by atoms with van der Waals surface area (Å²) in [6, 6.07) is 8.09. The summed E-state index contributed by atoms with van der Waals surface area (Å²) >= 11 is 0. The maximum Gasteiger partial charge on any atom is 0.237 e. The Balaban J connectivity index is 1.49. The molecule has 0 spiro atoms. The van der Waals surface area contributed by atoms with Gasteiger partial charge in [0.05, 0.1) is 19.8 Å². The van der Waals surface area contributed by atoms with Gasteiger partial charge >= 0.3 is 0 Å². The monoisotopic (exact) mass is 413 g/mol. The van der Waals surface area contributed by atoms with Crippen molar-refractivity contribution in [1.82, 2.24) is 4.98 Å². The Hall–Kier alpha value is -2.35. The second-order valence-electron chi connectivity index (χ2n) is 7.74. The lowest BCUT2D eigenvalue weighted by Crippen LogP contribution is -2.36. The Kier molecular flexibility index (Phi) is 7.04. The number of pyridine rings is 1. The molecule has 3 heterocycles. The number of hydrogen-bond donors (Lipinski definition) is 1. The molecule has 1 aromatic heterocycles. The summed E-state index contributed by atoms with van der Waals surface area (Å²) in [5, 5.41) is 0. The van der Waals surface area contributed by atoms with Crippen LogP contribution >= 0.6 is 0 Å². The van der Waals surface area contributed by atoms with E-state index in [4.69, 9.17) is 24.7 Å². The van der Waals surface area contributed by atoms with Crippen LogP contribution in [0.15, 0.2) is 30.5 Å². The van der Waals surface area contributed by atoms with Gasteiger partial charge < -0.3 is 29.6 Å². The lowest BCUT2D eigenvalue weighted by Gasteiger charge is -2.30. The number of morpholine rings is 1. The summed E-state index contributed by atoms with van der Waals surface area (Å²) in [4.78, 5) is 6.92. The molecule has 4 rings (SSSR count). The van der Waals surface area contributed by atoms with Crippen molar-refractivity contribution in [2.75, 3.05) is 56.8 Å². The number of aryl methyl sites for hydroxylation is 1. The van der Waals surface area contributed by atoms with E-state index in [0.29, 0.717) is 32.3 Å². The molecule has 2 aliphatic heterocycles. The molecular weight excluding hydrogens is 382 g/mol. The number of ether oxygens (including phenoxy) is 4. The average Bonchev–Trinajstić information content (AvgIpc) is 2.80. The molecule has 1 unspecified atom stereocenters. The van der Waals surface area contributed by atoms with Crippen LogP contribution in [0.2, 0.25) is 0 Å². The predicted octanol–water partition coefficient (Wildman–Crippen LogP) is 3.40. The number of nitrogens with two attached hydrogens (primary N) is 1. The Morgan fingerprint density at radius 2 is 2.00 bits per heavy atom. The van der Waals surface area contributed by atoms with Crippen molar-refractivity contribution in [3.63, 3.8) is 0 Å². The second kappa shape index (κ2) is 10.1. The van der Waals surface area contributed by atoms with Crippen molar-refractivity contribution in [3.8, 4) is 17.0 Å². The smallest absolute Gasteiger partial charge is 0.237 e. The zero-order chi connectivity index (χ0) is 20.8. The van der Waals surface area contributed by atoms with Crippen molar-refractivity contribution in [2.45, 2.75) is 32.5 Å². The first-order valence-corrected chi connectivity index (χ1v) is 10.8. The van der Waals surface area contributed by atoms with Gasteiger partial charge in [-0.15, -0.1) is 0 Å². The minimum Gasteiger partial charge on any atom is -0.474 e. The van der Waals surface area contributed by atoms with Crippen LogP contribution in [0.1, 0.15) is 24.8 Å². The summed E-state index contributed by atoms with van der Waals surface area (Å²) < 4.78 is 22.9. The highest BCUT2D eigenvalue weighted by molar-refractivity contribution is 5.74. The first-order valence-electron chi connectivity index (χ1n) is 10.8. The molecule has 0 saturated carbocycles. The standard InChI is InChI=1S/C23H31N3O4/c1-17-5-6-19(24)15-20(17)18-14-21(26-7-10-27-11-8-26)23(25-16-18)30-13-12-29-22-4-2-3-9-28-22/h5-6,14-16,22H,2-4,7-13,24H2,1H3. The van der Waals surface area contributed by atoms with Gasteiger partial charge in [0.2, 0.25) is 5.88 Å². The van der Waals surface area contributed by atoms with Crippen LogP contribution in [0.4, 0.5) is 11.4 Å². The second-order valence-corrected chi connectivity index (χ2v) is 7.74. The summed E-state index contributed by atoms with van der Waals surface area (Å²) in [5.41, 5.74) is 11.0.